The molecule has 0 spiro atoms. The third-order valence-electron chi connectivity index (χ3n) is 4.35. The van der Waals surface area contributed by atoms with Crippen LogP contribution in [0.15, 0.2) is 11.0 Å². The minimum absolute atomic E-state index is 0.101. The second-order valence-corrected chi connectivity index (χ2v) is 7.82. The summed E-state index contributed by atoms with van der Waals surface area (Å²) >= 11 is 0. The SMILES string of the molecule is CCCC1(CNS(=O)(=O)c2c(C)cc(F)c(N)c2C)CC1. The van der Waals surface area contributed by atoms with Gasteiger partial charge < -0.3 is 5.73 Å². The number of aryl methyl sites for hydroxylation is 1. The Balaban J connectivity index is 2.27. The predicted octanol–water partition coefficient (Wildman–Crippen LogP) is 2.88. The van der Waals surface area contributed by atoms with Gasteiger partial charge in [-0.1, -0.05) is 13.3 Å². The predicted molar refractivity (Wildman–Crippen MR) is 82.0 cm³/mol. The molecular formula is C15H23FN2O2S. The second-order valence-electron chi connectivity index (χ2n) is 6.12. The van der Waals surface area contributed by atoms with Crippen molar-refractivity contribution in [2.75, 3.05) is 12.3 Å². The second kappa shape index (κ2) is 5.57. The van der Waals surface area contributed by atoms with Gasteiger partial charge in [0.25, 0.3) is 0 Å². The standard InChI is InChI=1S/C15H23FN2O2S/c1-4-5-15(6-7-15)9-18-21(19,20)14-10(2)8-12(16)13(17)11(14)3/h8,18H,4-7,9,17H2,1-3H3. The van der Waals surface area contributed by atoms with Crippen LogP contribution < -0.4 is 10.5 Å². The monoisotopic (exact) mass is 314 g/mol. The van der Waals surface area contributed by atoms with E-state index in [4.69, 9.17) is 5.73 Å². The maximum absolute atomic E-state index is 13.6. The summed E-state index contributed by atoms with van der Waals surface area (Å²) in [7, 11) is -3.67. The van der Waals surface area contributed by atoms with Crippen LogP contribution in [0.4, 0.5) is 10.1 Å². The van der Waals surface area contributed by atoms with E-state index in [9.17, 15) is 12.8 Å². The van der Waals surface area contributed by atoms with Gasteiger partial charge in [0.2, 0.25) is 10.0 Å². The first kappa shape index (κ1) is 16.2. The molecule has 2 rings (SSSR count). The summed E-state index contributed by atoms with van der Waals surface area (Å²) < 4.78 is 41.3. The smallest absolute Gasteiger partial charge is 0.241 e. The zero-order chi connectivity index (χ0) is 15.8. The van der Waals surface area contributed by atoms with Crippen LogP contribution in [-0.4, -0.2) is 15.0 Å². The Morgan fingerprint density at radius 3 is 2.52 bits per heavy atom. The molecule has 0 aliphatic heterocycles. The molecule has 0 heterocycles. The number of halogens is 1. The molecule has 0 atom stereocenters. The van der Waals surface area contributed by atoms with Crippen molar-refractivity contribution in [3.8, 4) is 0 Å². The number of sulfonamides is 1. The van der Waals surface area contributed by atoms with Gasteiger partial charge >= 0.3 is 0 Å². The molecule has 0 unspecified atom stereocenters. The molecule has 1 fully saturated rings. The van der Waals surface area contributed by atoms with Crippen LogP contribution in [0.2, 0.25) is 0 Å². The lowest BCUT2D eigenvalue weighted by molar-refractivity contribution is 0.449. The van der Waals surface area contributed by atoms with Gasteiger partial charge in [0.05, 0.1) is 10.6 Å². The van der Waals surface area contributed by atoms with E-state index in [1.807, 2.05) is 0 Å². The Labute approximate surface area is 126 Å². The van der Waals surface area contributed by atoms with Crippen molar-refractivity contribution >= 4 is 15.7 Å². The molecule has 0 radical (unpaired) electrons. The van der Waals surface area contributed by atoms with Gasteiger partial charge in [0.1, 0.15) is 5.82 Å². The molecule has 118 valence electrons. The van der Waals surface area contributed by atoms with Gasteiger partial charge in [-0.25, -0.2) is 17.5 Å². The van der Waals surface area contributed by atoms with Crippen LogP contribution in [0.5, 0.6) is 0 Å². The highest BCUT2D eigenvalue weighted by molar-refractivity contribution is 7.89. The van der Waals surface area contributed by atoms with Crippen molar-refractivity contribution in [2.24, 2.45) is 5.41 Å². The van der Waals surface area contributed by atoms with Crippen molar-refractivity contribution in [3.63, 3.8) is 0 Å². The summed E-state index contributed by atoms with van der Waals surface area (Å²) in [5, 5.41) is 0. The minimum Gasteiger partial charge on any atom is -0.396 e. The van der Waals surface area contributed by atoms with Crippen LogP contribution >= 0.6 is 0 Å². The van der Waals surface area contributed by atoms with Gasteiger partial charge in [0, 0.05) is 6.54 Å². The lowest BCUT2D eigenvalue weighted by Gasteiger charge is -2.18. The maximum Gasteiger partial charge on any atom is 0.241 e. The topological polar surface area (TPSA) is 72.2 Å². The number of rotatable bonds is 6. The zero-order valence-electron chi connectivity index (χ0n) is 12.8. The van der Waals surface area contributed by atoms with E-state index in [2.05, 4.69) is 11.6 Å². The number of nitrogens with one attached hydrogen (secondary N) is 1. The summed E-state index contributed by atoms with van der Waals surface area (Å²) in [6, 6.07) is 1.18. The van der Waals surface area contributed by atoms with Gasteiger partial charge in [0.15, 0.2) is 0 Å². The molecular weight excluding hydrogens is 291 g/mol. The lowest BCUT2D eigenvalue weighted by atomic mass is 10.0. The molecule has 0 saturated heterocycles. The molecule has 0 aromatic heterocycles. The van der Waals surface area contributed by atoms with Gasteiger partial charge in [-0.3, -0.25) is 0 Å². The van der Waals surface area contributed by atoms with Crippen LogP contribution in [0, 0.1) is 25.1 Å². The Kier molecular flexibility index (Phi) is 4.31. The molecule has 1 aliphatic rings. The third-order valence-corrected chi connectivity index (χ3v) is 6.04. The van der Waals surface area contributed by atoms with Gasteiger partial charge in [-0.2, -0.15) is 0 Å². The molecule has 3 N–H and O–H groups in total. The van der Waals surface area contributed by atoms with E-state index in [0.717, 1.165) is 25.7 Å². The number of hydrogen-bond donors (Lipinski definition) is 2. The van der Waals surface area contributed by atoms with Crippen molar-refractivity contribution < 1.29 is 12.8 Å². The zero-order valence-corrected chi connectivity index (χ0v) is 13.6. The van der Waals surface area contributed by atoms with E-state index in [-0.39, 0.29) is 21.6 Å². The number of nitrogen functional groups attached to an aromatic ring is 1. The summed E-state index contributed by atoms with van der Waals surface area (Å²) in [4.78, 5) is 0.105. The largest absolute Gasteiger partial charge is 0.396 e. The third kappa shape index (κ3) is 3.21. The van der Waals surface area contributed by atoms with Gasteiger partial charge in [-0.05, 0) is 55.7 Å². The van der Waals surface area contributed by atoms with Crippen LogP contribution in [0.3, 0.4) is 0 Å². The molecule has 1 aromatic carbocycles. The highest BCUT2D eigenvalue weighted by atomic mass is 32.2. The number of anilines is 1. The minimum atomic E-state index is -3.67. The van der Waals surface area contributed by atoms with Crippen molar-refractivity contribution in [3.05, 3.63) is 23.0 Å². The number of nitrogens with two attached hydrogens (primary N) is 1. The molecule has 0 bridgehead atoms. The number of hydrogen-bond acceptors (Lipinski definition) is 3. The fourth-order valence-electron chi connectivity index (χ4n) is 2.89. The fourth-order valence-corrected chi connectivity index (χ4v) is 4.52. The first-order valence-electron chi connectivity index (χ1n) is 7.27. The fraction of sp³-hybridized carbons (Fsp3) is 0.600. The maximum atomic E-state index is 13.6. The Bertz CT molecular complexity index is 652. The first-order valence-corrected chi connectivity index (χ1v) is 8.75. The summed E-state index contributed by atoms with van der Waals surface area (Å²) in [5.41, 5.74) is 6.30. The van der Waals surface area contributed by atoms with Crippen molar-refractivity contribution in [1.82, 2.24) is 4.72 Å². The average Bonchev–Trinajstić information content (AvgIpc) is 3.14. The number of benzene rings is 1. The van der Waals surface area contributed by atoms with E-state index in [1.54, 1.807) is 13.8 Å². The Hall–Kier alpha value is -1.14. The quantitative estimate of drug-likeness (QED) is 0.793. The van der Waals surface area contributed by atoms with Crippen LogP contribution in [0.1, 0.15) is 43.7 Å². The molecule has 21 heavy (non-hydrogen) atoms. The molecule has 1 aromatic rings. The summed E-state index contributed by atoms with van der Waals surface area (Å²) in [6.45, 7) is 5.67. The first-order chi connectivity index (χ1) is 9.72. The Morgan fingerprint density at radius 2 is 2.00 bits per heavy atom. The average molecular weight is 314 g/mol. The van der Waals surface area contributed by atoms with Crippen LogP contribution in [0.25, 0.3) is 0 Å². The molecule has 1 saturated carbocycles. The molecule has 4 nitrogen and oxygen atoms in total. The lowest BCUT2D eigenvalue weighted by Crippen LogP contribution is -2.31. The van der Waals surface area contributed by atoms with E-state index >= 15 is 0 Å². The van der Waals surface area contributed by atoms with Gasteiger partial charge in [-0.15, -0.1) is 0 Å². The van der Waals surface area contributed by atoms with E-state index < -0.39 is 15.8 Å². The summed E-state index contributed by atoms with van der Waals surface area (Å²) in [5.74, 6) is -0.575. The van der Waals surface area contributed by atoms with Crippen molar-refractivity contribution in [2.45, 2.75) is 51.3 Å². The normalized spacial score (nSPS) is 17.0. The van der Waals surface area contributed by atoms with E-state index in [0.29, 0.717) is 12.1 Å². The summed E-state index contributed by atoms with van der Waals surface area (Å²) in [6.07, 6.45) is 4.20. The highest BCUT2D eigenvalue weighted by Crippen LogP contribution is 2.49. The highest BCUT2D eigenvalue weighted by Gasteiger charge is 2.42. The van der Waals surface area contributed by atoms with Crippen molar-refractivity contribution in [1.29, 1.82) is 0 Å². The molecule has 1 aliphatic carbocycles. The molecule has 0 amide bonds. The van der Waals surface area contributed by atoms with Crippen LogP contribution in [-0.2, 0) is 10.0 Å². The Morgan fingerprint density at radius 1 is 1.38 bits per heavy atom. The van der Waals surface area contributed by atoms with E-state index in [1.165, 1.54) is 6.07 Å². The molecule has 6 heteroatoms.